The molecule has 0 spiro atoms. The number of pyridine rings is 1. The highest BCUT2D eigenvalue weighted by Gasteiger charge is 2.39. The van der Waals surface area contributed by atoms with Gasteiger partial charge in [0.15, 0.2) is 11.9 Å². The lowest BCUT2D eigenvalue weighted by molar-refractivity contribution is -0.389. The minimum absolute atomic E-state index is 0.0665. The van der Waals surface area contributed by atoms with Gasteiger partial charge in [-0.05, 0) is 47.2 Å². The van der Waals surface area contributed by atoms with Crippen LogP contribution in [0, 0.1) is 21.4 Å². The number of amides is 2. The molecule has 10 nitrogen and oxygen atoms in total. The molecular weight excluding hydrogens is 410 g/mol. The Morgan fingerprint density at radius 1 is 1.50 bits per heavy atom. The van der Waals surface area contributed by atoms with Crippen LogP contribution in [0.3, 0.4) is 0 Å². The summed E-state index contributed by atoms with van der Waals surface area (Å²) < 4.78 is 5.59. The van der Waals surface area contributed by atoms with Gasteiger partial charge in [-0.25, -0.2) is 0 Å². The van der Waals surface area contributed by atoms with Crippen LogP contribution < -0.4 is 15.0 Å². The van der Waals surface area contributed by atoms with E-state index in [4.69, 9.17) is 4.74 Å². The standard InChI is InChI=1S/C19H17N5O5S/c1-2-12-19(26)23(17-13(29-12)6-7-15(21-17)24(27)28)9-16(25)22-18-11(8-20)10-4-3-5-14(10)30-18/h6-7,12H,2-5,9H2,1H3,(H,22,25). The Labute approximate surface area is 175 Å². The smallest absolute Gasteiger partial charge is 0.366 e. The number of nitriles is 1. The topological polar surface area (TPSA) is 138 Å². The van der Waals surface area contributed by atoms with Crippen molar-refractivity contribution in [1.29, 1.82) is 5.26 Å². The zero-order chi connectivity index (χ0) is 21.4. The summed E-state index contributed by atoms with van der Waals surface area (Å²) in [6.45, 7) is 1.37. The number of nitro groups is 1. The lowest BCUT2D eigenvalue weighted by Gasteiger charge is -2.30. The van der Waals surface area contributed by atoms with Gasteiger partial charge in [-0.15, -0.1) is 11.3 Å². The Balaban J connectivity index is 1.61. The van der Waals surface area contributed by atoms with Gasteiger partial charge in [0.1, 0.15) is 17.6 Å². The molecule has 3 heterocycles. The predicted molar refractivity (Wildman–Crippen MR) is 108 cm³/mol. The molecule has 0 aromatic carbocycles. The van der Waals surface area contributed by atoms with Crippen molar-refractivity contribution >= 4 is 39.8 Å². The van der Waals surface area contributed by atoms with Gasteiger partial charge in [-0.3, -0.25) is 14.5 Å². The number of carbonyl (C=O) groups excluding carboxylic acids is 2. The summed E-state index contributed by atoms with van der Waals surface area (Å²) >= 11 is 1.37. The first-order chi connectivity index (χ1) is 14.4. The molecule has 0 fully saturated rings. The van der Waals surface area contributed by atoms with Crippen molar-refractivity contribution in [2.75, 3.05) is 16.8 Å². The van der Waals surface area contributed by atoms with E-state index in [9.17, 15) is 25.0 Å². The van der Waals surface area contributed by atoms with Crippen LogP contribution in [0.25, 0.3) is 0 Å². The molecule has 4 rings (SSSR count). The van der Waals surface area contributed by atoms with E-state index in [1.54, 1.807) is 6.92 Å². The quantitative estimate of drug-likeness (QED) is 0.571. The fourth-order valence-electron chi connectivity index (χ4n) is 3.63. The molecule has 0 saturated carbocycles. The molecular formula is C19H17N5O5S. The summed E-state index contributed by atoms with van der Waals surface area (Å²) in [6, 6.07) is 4.71. The predicted octanol–water partition coefficient (Wildman–Crippen LogP) is 2.55. The van der Waals surface area contributed by atoms with Crippen molar-refractivity contribution in [2.45, 2.75) is 38.7 Å². The lowest BCUT2D eigenvalue weighted by Crippen LogP contribution is -2.49. The average molecular weight is 427 g/mol. The van der Waals surface area contributed by atoms with Crippen molar-refractivity contribution < 1.29 is 19.2 Å². The highest BCUT2D eigenvalue weighted by Crippen LogP contribution is 2.39. The third kappa shape index (κ3) is 3.35. The summed E-state index contributed by atoms with van der Waals surface area (Å²) in [6.07, 6.45) is 2.24. The lowest BCUT2D eigenvalue weighted by atomic mass is 10.1. The number of ether oxygens (including phenoxy) is 1. The molecule has 11 heteroatoms. The van der Waals surface area contributed by atoms with E-state index in [1.807, 2.05) is 0 Å². The fraction of sp³-hybridized carbons (Fsp3) is 0.368. The van der Waals surface area contributed by atoms with E-state index < -0.39 is 35.2 Å². The molecule has 154 valence electrons. The molecule has 2 aliphatic rings. The Morgan fingerprint density at radius 3 is 3.00 bits per heavy atom. The Morgan fingerprint density at radius 2 is 2.30 bits per heavy atom. The maximum atomic E-state index is 12.8. The average Bonchev–Trinajstić information content (AvgIpc) is 3.30. The molecule has 0 saturated heterocycles. The summed E-state index contributed by atoms with van der Waals surface area (Å²) in [5.41, 5.74) is 1.45. The second-order valence-corrected chi connectivity index (χ2v) is 8.01. The van der Waals surface area contributed by atoms with Crippen molar-refractivity contribution in [2.24, 2.45) is 0 Å². The summed E-state index contributed by atoms with van der Waals surface area (Å²) in [5.74, 6) is -1.33. The Kier molecular flexibility index (Phi) is 5.09. The number of carbonyl (C=O) groups is 2. The maximum absolute atomic E-state index is 12.8. The number of nitrogens with zero attached hydrogens (tertiary/aromatic N) is 4. The molecule has 2 amide bonds. The van der Waals surface area contributed by atoms with Gasteiger partial charge in [-0.1, -0.05) is 6.92 Å². The molecule has 30 heavy (non-hydrogen) atoms. The van der Waals surface area contributed by atoms with Crippen LogP contribution in [0.1, 0.15) is 35.8 Å². The molecule has 0 radical (unpaired) electrons. The van der Waals surface area contributed by atoms with Gasteiger partial charge in [0, 0.05) is 10.9 Å². The second kappa shape index (κ2) is 7.72. The third-order valence-electron chi connectivity index (χ3n) is 5.04. The molecule has 2 aromatic rings. The first-order valence-electron chi connectivity index (χ1n) is 9.40. The van der Waals surface area contributed by atoms with Crippen LogP contribution in [0.2, 0.25) is 0 Å². The monoisotopic (exact) mass is 427 g/mol. The zero-order valence-corrected chi connectivity index (χ0v) is 16.8. The first-order valence-corrected chi connectivity index (χ1v) is 10.2. The van der Waals surface area contributed by atoms with E-state index in [1.165, 1.54) is 23.5 Å². The van der Waals surface area contributed by atoms with E-state index in [2.05, 4.69) is 16.4 Å². The Bertz CT molecular complexity index is 1110. The molecule has 1 unspecified atom stereocenters. The minimum atomic E-state index is -0.811. The second-order valence-electron chi connectivity index (χ2n) is 6.91. The largest absolute Gasteiger partial charge is 0.474 e. The number of aryl methyl sites for hydroxylation is 1. The molecule has 0 bridgehead atoms. The van der Waals surface area contributed by atoms with Crippen LogP contribution in [0.5, 0.6) is 5.75 Å². The van der Waals surface area contributed by atoms with Crippen LogP contribution in [-0.2, 0) is 22.4 Å². The number of hydrogen-bond acceptors (Lipinski definition) is 8. The van der Waals surface area contributed by atoms with E-state index in [-0.39, 0.29) is 11.6 Å². The maximum Gasteiger partial charge on any atom is 0.366 e. The number of fused-ring (bicyclic) bond motifs is 2. The van der Waals surface area contributed by atoms with Crippen LogP contribution in [0.15, 0.2) is 12.1 Å². The fourth-order valence-corrected chi connectivity index (χ4v) is 4.88. The van der Waals surface area contributed by atoms with Gasteiger partial charge < -0.3 is 20.2 Å². The van der Waals surface area contributed by atoms with Gasteiger partial charge in [-0.2, -0.15) is 5.26 Å². The highest BCUT2D eigenvalue weighted by atomic mass is 32.1. The van der Waals surface area contributed by atoms with Crippen LogP contribution >= 0.6 is 11.3 Å². The minimum Gasteiger partial charge on any atom is -0.474 e. The molecule has 1 N–H and O–H groups in total. The number of aromatic nitrogens is 1. The van der Waals surface area contributed by atoms with Gasteiger partial charge in [0.2, 0.25) is 5.91 Å². The number of anilines is 2. The van der Waals surface area contributed by atoms with Crippen LogP contribution in [0.4, 0.5) is 16.6 Å². The van der Waals surface area contributed by atoms with Crippen molar-refractivity contribution in [3.63, 3.8) is 0 Å². The Hall–Kier alpha value is -3.52. The summed E-state index contributed by atoms with van der Waals surface area (Å²) in [4.78, 5) is 42.0. The third-order valence-corrected chi connectivity index (χ3v) is 6.24. The SMILES string of the molecule is CCC1Oc2ccc([N+](=O)[O-])nc2N(CC(=O)Nc2sc3c(c2C#N)CCC3)C1=O. The van der Waals surface area contributed by atoms with E-state index in [0.717, 1.165) is 34.6 Å². The molecule has 1 aliphatic carbocycles. The molecule has 1 atom stereocenters. The molecule has 1 aliphatic heterocycles. The van der Waals surface area contributed by atoms with Crippen molar-refractivity contribution in [3.05, 3.63) is 38.3 Å². The number of thiophene rings is 1. The van der Waals surface area contributed by atoms with Crippen molar-refractivity contribution in [3.8, 4) is 11.8 Å². The highest BCUT2D eigenvalue weighted by molar-refractivity contribution is 7.16. The van der Waals surface area contributed by atoms with Crippen molar-refractivity contribution in [1.82, 2.24) is 4.98 Å². The summed E-state index contributed by atoms with van der Waals surface area (Å²) in [7, 11) is 0. The van der Waals surface area contributed by atoms with Gasteiger partial charge in [0.05, 0.1) is 5.56 Å². The zero-order valence-electron chi connectivity index (χ0n) is 16.0. The summed E-state index contributed by atoms with van der Waals surface area (Å²) in [5, 5.41) is 23.8. The normalized spacial score (nSPS) is 17.0. The number of rotatable bonds is 5. The van der Waals surface area contributed by atoms with Gasteiger partial charge >= 0.3 is 5.82 Å². The number of hydrogen-bond donors (Lipinski definition) is 1. The number of nitrogens with one attached hydrogen (secondary N) is 1. The van der Waals surface area contributed by atoms with Gasteiger partial charge in [0.25, 0.3) is 11.7 Å². The van der Waals surface area contributed by atoms with E-state index >= 15 is 0 Å². The first kappa shape index (κ1) is 19.8. The van der Waals surface area contributed by atoms with Crippen LogP contribution in [-0.4, -0.2) is 34.4 Å². The van der Waals surface area contributed by atoms with E-state index in [0.29, 0.717) is 17.0 Å². The molecule has 2 aromatic heterocycles.